The lowest BCUT2D eigenvalue weighted by molar-refractivity contribution is 0.0765. The Morgan fingerprint density at radius 3 is 2.68 bits per heavy atom. The van der Waals surface area contributed by atoms with Crippen molar-refractivity contribution in [1.82, 2.24) is 4.90 Å². The van der Waals surface area contributed by atoms with Crippen LogP contribution in [-0.2, 0) is 9.84 Å². The molecule has 0 unspecified atom stereocenters. The van der Waals surface area contributed by atoms with Gasteiger partial charge in [-0.15, -0.1) is 12.6 Å². The van der Waals surface area contributed by atoms with Gasteiger partial charge in [-0.3, -0.25) is 4.79 Å². The Labute approximate surface area is 126 Å². The van der Waals surface area contributed by atoms with Crippen molar-refractivity contribution in [3.63, 3.8) is 0 Å². The first-order valence-corrected chi connectivity index (χ1v) is 8.93. The number of halogens is 1. The van der Waals surface area contributed by atoms with Crippen LogP contribution in [-0.4, -0.2) is 43.8 Å². The molecule has 1 heterocycles. The molecule has 0 spiro atoms. The molecule has 1 aliphatic heterocycles. The molecule has 1 amide bonds. The van der Waals surface area contributed by atoms with Gasteiger partial charge in [-0.05, 0) is 24.6 Å². The topological polar surface area (TPSA) is 54.5 Å². The molecule has 0 N–H and O–H groups in total. The lowest BCUT2D eigenvalue weighted by atomic mass is 10.2. The van der Waals surface area contributed by atoms with Crippen LogP contribution in [0.25, 0.3) is 0 Å². The molecule has 104 valence electrons. The average Bonchev–Trinajstić information content (AvgIpc) is 2.49. The summed E-state index contributed by atoms with van der Waals surface area (Å²) in [5.74, 6) is 0.0387. The Hall–Kier alpha value is -0.530. The standard InChI is InChI=1S/C12H14BrNO3S2/c13-9-2-3-10(11(18)8-9)12(15)14-4-1-6-19(16,17)7-5-14/h2-3,8,18H,1,4-7H2. The minimum Gasteiger partial charge on any atom is -0.338 e. The number of nitrogens with zero attached hydrogens (tertiary/aromatic N) is 1. The van der Waals surface area contributed by atoms with Crippen molar-refractivity contribution in [2.45, 2.75) is 11.3 Å². The molecule has 0 radical (unpaired) electrons. The summed E-state index contributed by atoms with van der Waals surface area (Å²) in [6, 6.07) is 5.24. The largest absolute Gasteiger partial charge is 0.338 e. The highest BCUT2D eigenvalue weighted by atomic mass is 79.9. The maximum Gasteiger partial charge on any atom is 0.255 e. The molecule has 0 saturated carbocycles. The quantitative estimate of drug-likeness (QED) is 0.776. The van der Waals surface area contributed by atoms with Crippen LogP contribution in [0.1, 0.15) is 16.8 Å². The molecule has 2 rings (SSSR count). The summed E-state index contributed by atoms with van der Waals surface area (Å²) >= 11 is 7.61. The predicted octanol–water partition coefficient (Wildman–Crippen LogP) is 2.00. The van der Waals surface area contributed by atoms with Crippen LogP contribution >= 0.6 is 28.6 Å². The molecule has 1 aliphatic rings. The number of amides is 1. The minimum absolute atomic E-state index is 0.0389. The van der Waals surface area contributed by atoms with Gasteiger partial charge < -0.3 is 4.90 Å². The van der Waals surface area contributed by atoms with Gasteiger partial charge in [-0.2, -0.15) is 0 Å². The average molecular weight is 364 g/mol. The highest BCUT2D eigenvalue weighted by Gasteiger charge is 2.24. The maximum absolute atomic E-state index is 12.4. The van der Waals surface area contributed by atoms with Crippen molar-refractivity contribution in [2.24, 2.45) is 0 Å². The molecule has 4 nitrogen and oxygen atoms in total. The first-order valence-electron chi connectivity index (χ1n) is 5.87. The number of thiol groups is 1. The van der Waals surface area contributed by atoms with Crippen LogP contribution in [0.2, 0.25) is 0 Å². The summed E-state index contributed by atoms with van der Waals surface area (Å²) in [6.07, 6.45) is 0.493. The third-order valence-corrected chi connectivity index (χ3v) is 5.61. The zero-order valence-electron chi connectivity index (χ0n) is 10.2. The molecule has 1 saturated heterocycles. The first kappa shape index (κ1) is 14.9. The van der Waals surface area contributed by atoms with E-state index in [-0.39, 0.29) is 24.0 Å². The minimum atomic E-state index is -3.01. The van der Waals surface area contributed by atoms with E-state index in [4.69, 9.17) is 0 Å². The van der Waals surface area contributed by atoms with E-state index in [9.17, 15) is 13.2 Å². The Morgan fingerprint density at radius 2 is 2.00 bits per heavy atom. The van der Waals surface area contributed by atoms with Gasteiger partial charge in [0.05, 0.1) is 17.1 Å². The summed E-state index contributed by atoms with van der Waals surface area (Å²) < 4.78 is 23.9. The van der Waals surface area contributed by atoms with Crippen molar-refractivity contribution in [2.75, 3.05) is 24.6 Å². The summed E-state index contributed by atoms with van der Waals surface area (Å²) in [6.45, 7) is 0.728. The summed E-state index contributed by atoms with van der Waals surface area (Å²) in [7, 11) is -3.01. The SMILES string of the molecule is O=C(c1ccc(Br)cc1S)N1CCCS(=O)(=O)CC1. The molecule has 1 aromatic carbocycles. The van der Waals surface area contributed by atoms with Gasteiger partial charge in [0.1, 0.15) is 0 Å². The summed E-state index contributed by atoms with van der Waals surface area (Å²) in [5, 5.41) is 0. The lowest BCUT2D eigenvalue weighted by Crippen LogP contribution is -2.33. The zero-order valence-corrected chi connectivity index (χ0v) is 13.5. The molecular weight excluding hydrogens is 350 g/mol. The van der Waals surface area contributed by atoms with Crippen LogP contribution in [0.3, 0.4) is 0 Å². The molecule has 1 aromatic rings. The Kier molecular flexibility index (Phi) is 4.58. The van der Waals surface area contributed by atoms with E-state index < -0.39 is 9.84 Å². The molecule has 1 fully saturated rings. The van der Waals surface area contributed by atoms with Crippen molar-refractivity contribution in [3.05, 3.63) is 28.2 Å². The van der Waals surface area contributed by atoms with Crippen LogP contribution in [0, 0.1) is 0 Å². The number of benzene rings is 1. The number of hydrogen-bond donors (Lipinski definition) is 1. The highest BCUT2D eigenvalue weighted by molar-refractivity contribution is 9.10. The Balaban J connectivity index is 2.20. The van der Waals surface area contributed by atoms with Crippen molar-refractivity contribution < 1.29 is 13.2 Å². The molecule has 7 heteroatoms. The fraction of sp³-hybridized carbons (Fsp3) is 0.417. The fourth-order valence-electron chi connectivity index (χ4n) is 2.00. The molecule has 0 aromatic heterocycles. The molecule has 0 aliphatic carbocycles. The second kappa shape index (κ2) is 5.85. The van der Waals surface area contributed by atoms with Crippen molar-refractivity contribution in [3.8, 4) is 0 Å². The molecular formula is C12H14BrNO3S2. The van der Waals surface area contributed by atoms with Gasteiger partial charge in [0.15, 0.2) is 9.84 Å². The maximum atomic E-state index is 12.4. The van der Waals surface area contributed by atoms with Gasteiger partial charge >= 0.3 is 0 Å². The van der Waals surface area contributed by atoms with E-state index in [0.29, 0.717) is 23.4 Å². The van der Waals surface area contributed by atoms with Crippen molar-refractivity contribution >= 4 is 44.3 Å². The lowest BCUT2D eigenvalue weighted by Gasteiger charge is -2.20. The highest BCUT2D eigenvalue weighted by Crippen LogP contribution is 2.22. The van der Waals surface area contributed by atoms with E-state index in [2.05, 4.69) is 28.6 Å². The number of carbonyl (C=O) groups excluding carboxylic acids is 1. The number of hydrogen-bond acceptors (Lipinski definition) is 4. The zero-order chi connectivity index (χ0) is 14.0. The third kappa shape index (κ3) is 3.73. The van der Waals surface area contributed by atoms with E-state index in [1.54, 1.807) is 23.1 Å². The van der Waals surface area contributed by atoms with Crippen LogP contribution in [0.5, 0.6) is 0 Å². The third-order valence-electron chi connectivity index (χ3n) is 3.03. The van der Waals surface area contributed by atoms with Crippen LogP contribution in [0.4, 0.5) is 0 Å². The normalized spacial score (nSPS) is 18.9. The second-order valence-corrected chi connectivity index (χ2v) is 8.16. The first-order chi connectivity index (χ1) is 8.89. The smallest absolute Gasteiger partial charge is 0.255 e. The van der Waals surface area contributed by atoms with E-state index in [1.807, 2.05) is 0 Å². The van der Waals surface area contributed by atoms with Crippen molar-refractivity contribution in [1.29, 1.82) is 0 Å². The number of sulfone groups is 1. The fourth-order valence-corrected chi connectivity index (χ4v) is 4.12. The van der Waals surface area contributed by atoms with Gasteiger partial charge in [-0.25, -0.2) is 8.42 Å². The predicted molar refractivity (Wildman–Crippen MR) is 80.6 cm³/mol. The van der Waals surface area contributed by atoms with E-state index in [1.165, 1.54) is 0 Å². The number of carbonyl (C=O) groups is 1. The number of rotatable bonds is 1. The molecule has 19 heavy (non-hydrogen) atoms. The van der Waals surface area contributed by atoms with Gasteiger partial charge in [0.25, 0.3) is 5.91 Å². The second-order valence-electron chi connectivity index (χ2n) is 4.46. The molecule has 0 bridgehead atoms. The van der Waals surface area contributed by atoms with Crippen LogP contribution < -0.4 is 0 Å². The Morgan fingerprint density at radius 1 is 1.26 bits per heavy atom. The van der Waals surface area contributed by atoms with Gasteiger partial charge in [-0.1, -0.05) is 15.9 Å². The summed E-state index contributed by atoms with van der Waals surface area (Å²) in [5.41, 5.74) is 0.505. The summed E-state index contributed by atoms with van der Waals surface area (Å²) in [4.78, 5) is 14.5. The van der Waals surface area contributed by atoms with Gasteiger partial charge in [0.2, 0.25) is 0 Å². The Bertz CT molecular complexity index is 601. The monoisotopic (exact) mass is 363 g/mol. The van der Waals surface area contributed by atoms with E-state index in [0.717, 1.165) is 4.47 Å². The molecule has 0 atom stereocenters. The van der Waals surface area contributed by atoms with Crippen LogP contribution in [0.15, 0.2) is 27.6 Å². The van der Waals surface area contributed by atoms with E-state index >= 15 is 0 Å². The van der Waals surface area contributed by atoms with Gasteiger partial charge in [0, 0.05) is 22.5 Å².